The zero-order valence-electron chi connectivity index (χ0n) is 20.2. The van der Waals surface area contributed by atoms with Crippen molar-refractivity contribution in [3.05, 3.63) is 47.0 Å². The van der Waals surface area contributed by atoms with Crippen molar-refractivity contribution in [1.82, 2.24) is 0 Å². The summed E-state index contributed by atoms with van der Waals surface area (Å²) in [5.74, 6) is -0.791. The molecule has 8 nitrogen and oxygen atoms in total. The molecule has 182 valence electrons. The molecule has 0 unspecified atom stereocenters. The lowest BCUT2D eigenvalue weighted by Crippen LogP contribution is -2.26. The summed E-state index contributed by atoms with van der Waals surface area (Å²) in [7, 11) is 2.92. The van der Waals surface area contributed by atoms with Crippen molar-refractivity contribution >= 4 is 29.2 Å². The molecule has 0 atom stereocenters. The van der Waals surface area contributed by atoms with Gasteiger partial charge < -0.3 is 24.8 Å². The summed E-state index contributed by atoms with van der Waals surface area (Å²) < 4.78 is 15.9. The van der Waals surface area contributed by atoms with E-state index in [4.69, 9.17) is 14.2 Å². The molecule has 0 saturated heterocycles. The highest BCUT2D eigenvalue weighted by molar-refractivity contribution is 6.03. The van der Waals surface area contributed by atoms with Crippen molar-refractivity contribution in [2.75, 3.05) is 31.5 Å². The van der Waals surface area contributed by atoms with Gasteiger partial charge in [0.25, 0.3) is 5.91 Å². The van der Waals surface area contributed by atoms with Crippen LogP contribution in [0.15, 0.2) is 30.3 Å². The molecule has 0 aromatic heterocycles. The molecule has 8 heteroatoms. The number of ether oxygens (including phenoxy) is 3. The van der Waals surface area contributed by atoms with E-state index < -0.39 is 18.5 Å². The monoisotopic (exact) mass is 468 g/mol. The fourth-order valence-electron chi connectivity index (χ4n) is 4.20. The van der Waals surface area contributed by atoms with E-state index in [9.17, 15) is 14.4 Å². The molecule has 1 aliphatic rings. The van der Waals surface area contributed by atoms with Crippen LogP contribution >= 0.6 is 0 Å². The van der Waals surface area contributed by atoms with Gasteiger partial charge in [-0.3, -0.25) is 9.59 Å². The average molecular weight is 469 g/mol. The van der Waals surface area contributed by atoms with Gasteiger partial charge in [0, 0.05) is 23.7 Å². The van der Waals surface area contributed by atoms with Gasteiger partial charge in [0.1, 0.15) is 0 Å². The second-order valence-electron chi connectivity index (χ2n) is 8.58. The molecule has 3 rings (SSSR count). The number of esters is 1. The van der Waals surface area contributed by atoms with Crippen molar-refractivity contribution in [3.8, 4) is 11.5 Å². The third kappa shape index (κ3) is 6.50. The fraction of sp³-hybridized carbons (Fsp3) is 0.423. The zero-order chi connectivity index (χ0) is 24.7. The maximum atomic E-state index is 12.9. The molecular weight excluding hydrogens is 436 g/mol. The summed E-state index contributed by atoms with van der Waals surface area (Å²) in [5, 5.41) is 5.58. The first-order chi connectivity index (χ1) is 16.3. The van der Waals surface area contributed by atoms with E-state index in [1.807, 2.05) is 32.0 Å². The number of carbonyl (C=O) groups is 3. The van der Waals surface area contributed by atoms with Crippen LogP contribution in [0.2, 0.25) is 0 Å². The molecule has 0 aliphatic heterocycles. The highest BCUT2D eigenvalue weighted by atomic mass is 16.5. The molecule has 2 aromatic carbocycles. The minimum atomic E-state index is -0.754. The molecule has 1 aliphatic carbocycles. The third-order valence-corrected chi connectivity index (χ3v) is 5.82. The lowest BCUT2D eigenvalue weighted by atomic mass is 9.88. The quantitative estimate of drug-likeness (QED) is 0.548. The number of carbonyl (C=O) groups excluding carboxylic acids is 3. The second-order valence-corrected chi connectivity index (χ2v) is 8.58. The topological polar surface area (TPSA) is 103 Å². The van der Waals surface area contributed by atoms with Crippen molar-refractivity contribution in [2.24, 2.45) is 5.92 Å². The standard InChI is InChI=1S/C26H32N2O6/c1-16-10-17(2)12-19(11-16)27-24(29)15-34-26(31)20-13-22(32-3)23(33-4)14-21(20)28-25(30)18-8-6-5-7-9-18/h10-14,18H,5-9,15H2,1-4H3,(H,27,29)(H,28,30). The van der Waals surface area contributed by atoms with E-state index in [0.29, 0.717) is 17.2 Å². The Bertz CT molecular complexity index is 1040. The van der Waals surface area contributed by atoms with Gasteiger partial charge in [-0.1, -0.05) is 25.3 Å². The van der Waals surface area contributed by atoms with E-state index in [2.05, 4.69) is 10.6 Å². The van der Waals surface area contributed by atoms with Crippen LogP contribution in [0.4, 0.5) is 11.4 Å². The predicted molar refractivity (Wildman–Crippen MR) is 130 cm³/mol. The number of methoxy groups -OCH3 is 2. The van der Waals surface area contributed by atoms with E-state index in [1.54, 1.807) is 0 Å². The largest absolute Gasteiger partial charge is 0.493 e. The number of benzene rings is 2. The number of nitrogens with one attached hydrogen (secondary N) is 2. The Balaban J connectivity index is 1.74. The molecule has 0 spiro atoms. The first kappa shape index (κ1) is 25.1. The molecule has 0 radical (unpaired) electrons. The summed E-state index contributed by atoms with van der Waals surface area (Å²) in [6.07, 6.45) is 4.78. The molecular formula is C26H32N2O6. The van der Waals surface area contributed by atoms with Gasteiger partial charge in [-0.25, -0.2) is 4.79 Å². The number of amides is 2. The average Bonchev–Trinajstić information content (AvgIpc) is 2.82. The Morgan fingerprint density at radius 1 is 0.853 bits per heavy atom. The van der Waals surface area contributed by atoms with E-state index >= 15 is 0 Å². The van der Waals surface area contributed by atoms with Crippen LogP contribution in [0.5, 0.6) is 11.5 Å². The molecule has 2 amide bonds. The van der Waals surface area contributed by atoms with Crippen LogP contribution < -0.4 is 20.1 Å². The van der Waals surface area contributed by atoms with Gasteiger partial charge in [-0.05, 0) is 49.9 Å². The van der Waals surface area contributed by atoms with Gasteiger partial charge in [0.15, 0.2) is 18.1 Å². The number of hydrogen-bond acceptors (Lipinski definition) is 6. The van der Waals surface area contributed by atoms with Crippen molar-refractivity contribution in [3.63, 3.8) is 0 Å². The van der Waals surface area contributed by atoms with E-state index in [1.165, 1.54) is 26.4 Å². The highest BCUT2D eigenvalue weighted by Crippen LogP contribution is 2.35. The number of rotatable bonds is 8. The van der Waals surface area contributed by atoms with Gasteiger partial charge in [0.05, 0.1) is 25.5 Å². The molecule has 1 saturated carbocycles. The van der Waals surface area contributed by atoms with Gasteiger partial charge in [-0.15, -0.1) is 0 Å². The summed E-state index contributed by atoms with van der Waals surface area (Å²) in [5.41, 5.74) is 2.99. The summed E-state index contributed by atoms with van der Waals surface area (Å²) in [6.45, 7) is 3.39. The Morgan fingerprint density at radius 3 is 2.09 bits per heavy atom. The second kappa shape index (κ2) is 11.5. The van der Waals surface area contributed by atoms with Crippen LogP contribution in [0, 0.1) is 19.8 Å². The molecule has 1 fully saturated rings. The van der Waals surface area contributed by atoms with Crippen molar-refractivity contribution in [2.45, 2.75) is 46.0 Å². The minimum Gasteiger partial charge on any atom is -0.493 e. The summed E-state index contributed by atoms with van der Waals surface area (Å²) in [6, 6.07) is 8.64. The van der Waals surface area contributed by atoms with Gasteiger partial charge in [0.2, 0.25) is 5.91 Å². The number of hydrogen-bond donors (Lipinski definition) is 2. The molecule has 34 heavy (non-hydrogen) atoms. The van der Waals surface area contributed by atoms with E-state index in [0.717, 1.165) is 43.2 Å². The zero-order valence-corrected chi connectivity index (χ0v) is 20.2. The fourth-order valence-corrected chi connectivity index (χ4v) is 4.20. The molecule has 2 aromatic rings. The molecule has 0 bridgehead atoms. The molecule has 2 N–H and O–H groups in total. The summed E-state index contributed by atoms with van der Waals surface area (Å²) in [4.78, 5) is 38.1. The number of aryl methyl sites for hydroxylation is 2. The van der Waals surface area contributed by atoms with Crippen molar-refractivity contribution in [1.29, 1.82) is 0 Å². The normalized spacial score (nSPS) is 13.6. The maximum absolute atomic E-state index is 12.9. The first-order valence-electron chi connectivity index (χ1n) is 11.4. The predicted octanol–water partition coefficient (Wildman–Crippen LogP) is 4.63. The third-order valence-electron chi connectivity index (χ3n) is 5.82. The Morgan fingerprint density at radius 2 is 1.47 bits per heavy atom. The molecule has 0 heterocycles. The highest BCUT2D eigenvalue weighted by Gasteiger charge is 2.25. The lowest BCUT2D eigenvalue weighted by Gasteiger charge is -2.22. The first-order valence-corrected chi connectivity index (χ1v) is 11.4. The summed E-state index contributed by atoms with van der Waals surface area (Å²) >= 11 is 0. The number of anilines is 2. The minimum absolute atomic E-state index is 0.0843. The Hall–Kier alpha value is -3.55. The Labute approximate surface area is 200 Å². The maximum Gasteiger partial charge on any atom is 0.340 e. The SMILES string of the molecule is COc1cc(NC(=O)C2CCCCC2)c(C(=O)OCC(=O)Nc2cc(C)cc(C)c2)cc1OC. The van der Waals surface area contributed by atoms with Crippen molar-refractivity contribution < 1.29 is 28.6 Å². The smallest absolute Gasteiger partial charge is 0.340 e. The van der Waals surface area contributed by atoms with Crippen LogP contribution in [-0.2, 0) is 14.3 Å². The van der Waals surface area contributed by atoms with Crippen LogP contribution in [0.1, 0.15) is 53.6 Å². The van der Waals surface area contributed by atoms with Crippen LogP contribution in [0.25, 0.3) is 0 Å². The van der Waals surface area contributed by atoms with Gasteiger partial charge >= 0.3 is 5.97 Å². The van der Waals surface area contributed by atoms with Crippen LogP contribution in [-0.4, -0.2) is 38.6 Å². The van der Waals surface area contributed by atoms with Crippen LogP contribution in [0.3, 0.4) is 0 Å². The Kier molecular flexibility index (Phi) is 8.51. The lowest BCUT2D eigenvalue weighted by molar-refractivity contribution is -0.121. The van der Waals surface area contributed by atoms with E-state index in [-0.39, 0.29) is 23.1 Å². The van der Waals surface area contributed by atoms with Gasteiger partial charge in [-0.2, -0.15) is 0 Å².